The van der Waals surface area contributed by atoms with Crippen LogP contribution in [-0.2, 0) is 9.59 Å². The summed E-state index contributed by atoms with van der Waals surface area (Å²) in [4.78, 5) is 28.7. The van der Waals surface area contributed by atoms with Gasteiger partial charge in [0.1, 0.15) is 5.70 Å². The van der Waals surface area contributed by atoms with Gasteiger partial charge in [-0.1, -0.05) is 29.8 Å². The van der Waals surface area contributed by atoms with E-state index in [0.29, 0.717) is 22.0 Å². The molecule has 0 radical (unpaired) electrons. The van der Waals surface area contributed by atoms with Gasteiger partial charge in [-0.15, -0.1) is 11.3 Å². The van der Waals surface area contributed by atoms with Gasteiger partial charge in [-0.2, -0.15) is 0 Å². The Kier molecular flexibility index (Phi) is 5.03. The topological polar surface area (TPSA) is 49.4 Å². The molecule has 1 aliphatic heterocycles. The SMILES string of the molecule is Cc1ccc(N2C(=O)C(Nc3cc(Cl)ccc3C)=C(c3cccs3)C2=O)cc1C. The lowest BCUT2D eigenvalue weighted by Crippen LogP contribution is -2.32. The van der Waals surface area contributed by atoms with E-state index >= 15 is 0 Å². The Balaban J connectivity index is 1.82. The number of aryl methyl sites for hydroxylation is 3. The summed E-state index contributed by atoms with van der Waals surface area (Å²) in [5.74, 6) is -0.705. The zero-order valence-corrected chi connectivity index (χ0v) is 17.8. The predicted molar refractivity (Wildman–Crippen MR) is 119 cm³/mol. The molecular formula is C23H19ClN2O2S. The van der Waals surface area contributed by atoms with Gasteiger partial charge in [0.05, 0.1) is 11.3 Å². The molecule has 2 aromatic carbocycles. The van der Waals surface area contributed by atoms with Crippen LogP contribution in [0, 0.1) is 20.8 Å². The van der Waals surface area contributed by atoms with E-state index in [2.05, 4.69) is 5.32 Å². The average molecular weight is 423 g/mol. The molecule has 0 unspecified atom stereocenters. The smallest absolute Gasteiger partial charge is 0.282 e. The standard InChI is InChI=1S/C23H19ClN2O2S/c1-13-7-9-17(11-15(13)3)26-22(27)20(19-5-4-10-29-19)21(23(26)28)25-18-12-16(24)8-6-14(18)2/h4-12,25H,1-3H3. The Morgan fingerprint density at radius 1 is 0.897 bits per heavy atom. The Morgan fingerprint density at radius 3 is 2.34 bits per heavy atom. The number of carbonyl (C=O) groups is 2. The molecule has 3 aromatic rings. The molecule has 0 aliphatic carbocycles. The van der Waals surface area contributed by atoms with Gasteiger partial charge in [0.25, 0.3) is 11.8 Å². The molecule has 6 heteroatoms. The molecule has 0 saturated carbocycles. The second-order valence-corrected chi connectivity index (χ2v) is 8.41. The number of nitrogens with zero attached hydrogens (tertiary/aromatic N) is 1. The highest BCUT2D eigenvalue weighted by Gasteiger charge is 2.40. The van der Waals surface area contributed by atoms with Crippen LogP contribution >= 0.6 is 22.9 Å². The van der Waals surface area contributed by atoms with Crippen molar-refractivity contribution in [2.45, 2.75) is 20.8 Å². The van der Waals surface area contributed by atoms with Gasteiger partial charge < -0.3 is 5.32 Å². The molecule has 29 heavy (non-hydrogen) atoms. The highest BCUT2D eigenvalue weighted by Crippen LogP contribution is 2.36. The molecule has 1 aliphatic rings. The Labute approximate surface area is 178 Å². The third-order valence-corrected chi connectivity index (χ3v) is 6.18. The molecule has 2 heterocycles. The number of thiophene rings is 1. The van der Waals surface area contributed by atoms with Crippen LogP contribution in [0.4, 0.5) is 11.4 Å². The van der Waals surface area contributed by atoms with E-state index in [1.54, 1.807) is 18.2 Å². The maximum absolute atomic E-state index is 13.4. The predicted octanol–water partition coefficient (Wildman–Crippen LogP) is 5.72. The molecule has 1 aromatic heterocycles. The number of anilines is 2. The highest BCUT2D eigenvalue weighted by molar-refractivity contribution is 7.11. The fraction of sp³-hybridized carbons (Fsp3) is 0.130. The first-order valence-corrected chi connectivity index (χ1v) is 10.4. The van der Waals surface area contributed by atoms with Crippen molar-refractivity contribution in [1.82, 2.24) is 0 Å². The van der Waals surface area contributed by atoms with Crippen molar-refractivity contribution >= 4 is 51.7 Å². The van der Waals surface area contributed by atoms with Crippen molar-refractivity contribution in [2.24, 2.45) is 0 Å². The molecule has 4 rings (SSSR count). The first kappa shape index (κ1) is 19.4. The molecule has 1 N–H and O–H groups in total. The van der Waals surface area contributed by atoms with Crippen LogP contribution in [0.5, 0.6) is 0 Å². The van der Waals surface area contributed by atoms with Crippen LogP contribution in [0.3, 0.4) is 0 Å². The van der Waals surface area contributed by atoms with E-state index in [0.717, 1.165) is 21.6 Å². The van der Waals surface area contributed by atoms with Gasteiger partial charge in [0, 0.05) is 15.6 Å². The summed E-state index contributed by atoms with van der Waals surface area (Å²) in [6.07, 6.45) is 0. The summed E-state index contributed by atoms with van der Waals surface area (Å²) < 4.78 is 0. The van der Waals surface area contributed by atoms with E-state index in [-0.39, 0.29) is 17.5 Å². The number of rotatable bonds is 4. The molecule has 0 atom stereocenters. The Morgan fingerprint density at radius 2 is 1.66 bits per heavy atom. The molecule has 146 valence electrons. The molecule has 2 amide bonds. The van der Waals surface area contributed by atoms with Crippen molar-refractivity contribution in [2.75, 3.05) is 10.2 Å². The fourth-order valence-corrected chi connectivity index (χ4v) is 4.20. The lowest BCUT2D eigenvalue weighted by molar-refractivity contribution is -0.120. The molecule has 0 saturated heterocycles. The minimum atomic E-state index is -0.374. The largest absolute Gasteiger partial charge is 0.350 e. The third kappa shape index (κ3) is 3.48. The molecule has 0 spiro atoms. The quantitative estimate of drug-likeness (QED) is 0.547. The highest BCUT2D eigenvalue weighted by atomic mass is 35.5. The van der Waals surface area contributed by atoms with E-state index in [4.69, 9.17) is 11.6 Å². The minimum Gasteiger partial charge on any atom is -0.350 e. The van der Waals surface area contributed by atoms with Crippen molar-refractivity contribution < 1.29 is 9.59 Å². The van der Waals surface area contributed by atoms with Gasteiger partial charge in [0.15, 0.2) is 0 Å². The maximum Gasteiger partial charge on any atom is 0.282 e. The Bertz CT molecular complexity index is 1170. The first-order chi connectivity index (χ1) is 13.9. The maximum atomic E-state index is 13.4. The number of halogens is 1. The van der Waals surface area contributed by atoms with Crippen molar-refractivity contribution in [3.8, 4) is 0 Å². The molecule has 0 bridgehead atoms. The average Bonchev–Trinajstić information content (AvgIpc) is 3.28. The summed E-state index contributed by atoms with van der Waals surface area (Å²) in [5.41, 5.74) is 4.96. The normalized spacial score (nSPS) is 14.1. The zero-order valence-electron chi connectivity index (χ0n) is 16.2. The first-order valence-electron chi connectivity index (χ1n) is 9.14. The fourth-order valence-electron chi connectivity index (χ4n) is 3.26. The number of carbonyl (C=O) groups excluding carboxylic acids is 2. The lowest BCUT2D eigenvalue weighted by Gasteiger charge is -2.17. The van der Waals surface area contributed by atoms with Gasteiger partial charge in [0.2, 0.25) is 0 Å². The van der Waals surface area contributed by atoms with E-state index < -0.39 is 0 Å². The van der Waals surface area contributed by atoms with Gasteiger partial charge in [-0.05, 0) is 73.2 Å². The number of nitrogens with one attached hydrogen (secondary N) is 1. The van der Waals surface area contributed by atoms with Crippen LogP contribution in [0.25, 0.3) is 5.57 Å². The number of hydrogen-bond acceptors (Lipinski definition) is 4. The van der Waals surface area contributed by atoms with E-state index in [9.17, 15) is 9.59 Å². The molecule has 0 fully saturated rings. The van der Waals surface area contributed by atoms with Crippen LogP contribution in [0.15, 0.2) is 59.6 Å². The minimum absolute atomic E-state index is 0.265. The molecule has 4 nitrogen and oxygen atoms in total. The number of hydrogen-bond donors (Lipinski definition) is 1. The van der Waals surface area contributed by atoms with Crippen LogP contribution in [-0.4, -0.2) is 11.8 Å². The van der Waals surface area contributed by atoms with E-state index in [1.165, 1.54) is 16.2 Å². The summed E-state index contributed by atoms with van der Waals surface area (Å²) in [6.45, 7) is 5.88. The monoisotopic (exact) mass is 422 g/mol. The van der Waals surface area contributed by atoms with Crippen LogP contribution in [0.2, 0.25) is 5.02 Å². The number of imide groups is 1. The van der Waals surface area contributed by atoms with Gasteiger partial charge in [-0.3, -0.25) is 9.59 Å². The Hall–Kier alpha value is -2.89. The zero-order chi connectivity index (χ0) is 20.7. The summed E-state index contributed by atoms with van der Waals surface area (Å²) in [6, 6.07) is 14.7. The van der Waals surface area contributed by atoms with E-state index in [1.807, 2.05) is 56.5 Å². The van der Waals surface area contributed by atoms with Crippen molar-refractivity contribution in [1.29, 1.82) is 0 Å². The summed E-state index contributed by atoms with van der Waals surface area (Å²) in [5, 5.41) is 5.63. The van der Waals surface area contributed by atoms with Crippen LogP contribution < -0.4 is 10.2 Å². The van der Waals surface area contributed by atoms with Crippen molar-refractivity contribution in [3.05, 3.63) is 86.2 Å². The summed E-state index contributed by atoms with van der Waals surface area (Å²) in [7, 11) is 0. The number of amides is 2. The van der Waals surface area contributed by atoms with Crippen molar-refractivity contribution in [3.63, 3.8) is 0 Å². The second-order valence-electron chi connectivity index (χ2n) is 7.03. The lowest BCUT2D eigenvalue weighted by atomic mass is 10.1. The summed E-state index contributed by atoms with van der Waals surface area (Å²) >= 11 is 7.57. The molecular weight excluding hydrogens is 404 g/mol. The number of benzene rings is 2. The second kappa shape index (κ2) is 7.50. The third-order valence-electron chi connectivity index (χ3n) is 5.06. The van der Waals surface area contributed by atoms with Gasteiger partial charge >= 0.3 is 0 Å². The van der Waals surface area contributed by atoms with Crippen LogP contribution in [0.1, 0.15) is 21.6 Å². The van der Waals surface area contributed by atoms with Gasteiger partial charge in [-0.25, -0.2) is 4.90 Å².